The molecule has 0 heterocycles. The van der Waals surface area contributed by atoms with E-state index in [1.807, 2.05) is 0 Å². The zero-order chi connectivity index (χ0) is 65.6. The summed E-state index contributed by atoms with van der Waals surface area (Å²) in [6.45, 7) is 7.24. The van der Waals surface area contributed by atoms with E-state index in [0.29, 0.717) is 25.7 Å². The zero-order valence-electron chi connectivity index (χ0n) is 57.6. The molecule has 0 amide bonds. The van der Waals surface area contributed by atoms with E-state index in [1.54, 1.807) is 0 Å². The molecule has 0 aromatic heterocycles. The van der Waals surface area contributed by atoms with Crippen LogP contribution in [0.5, 0.6) is 0 Å². The molecule has 0 aliphatic carbocycles. The van der Waals surface area contributed by atoms with Gasteiger partial charge in [-0.3, -0.25) is 37.3 Å². The molecule has 0 aliphatic heterocycles. The lowest BCUT2D eigenvalue weighted by atomic mass is 10.0. The lowest BCUT2D eigenvalue weighted by Crippen LogP contribution is -2.30. The van der Waals surface area contributed by atoms with Crippen LogP contribution in [0.25, 0.3) is 0 Å². The Morgan fingerprint density at radius 3 is 0.764 bits per heavy atom. The predicted molar refractivity (Wildman–Crippen MR) is 358 cm³/mol. The van der Waals surface area contributed by atoms with Gasteiger partial charge in [0.25, 0.3) is 0 Å². The molecule has 0 aromatic rings. The van der Waals surface area contributed by atoms with Crippen LogP contribution in [0.3, 0.4) is 0 Å². The Labute approximate surface area is 543 Å². The second-order valence-corrected chi connectivity index (χ2v) is 28.7. The summed E-state index contributed by atoms with van der Waals surface area (Å²) in [5, 5.41) is 10.6. The third-order valence-electron chi connectivity index (χ3n) is 16.3. The first-order valence-corrected chi connectivity index (χ1v) is 39.6. The number of rotatable bonds is 70. The maximum atomic E-state index is 13.0. The van der Waals surface area contributed by atoms with Gasteiger partial charge in [-0.1, -0.05) is 311 Å². The Bertz CT molecular complexity index is 1720. The van der Waals surface area contributed by atoms with Crippen LogP contribution in [-0.4, -0.2) is 96.7 Å². The number of hydrogen-bond donors (Lipinski definition) is 3. The van der Waals surface area contributed by atoms with Crippen LogP contribution >= 0.6 is 15.6 Å². The first-order chi connectivity index (χ1) is 43.0. The number of carbonyl (C=O) groups excluding carboxylic acids is 4. The first kappa shape index (κ1) is 87.1. The maximum Gasteiger partial charge on any atom is 0.472 e. The highest BCUT2D eigenvalue weighted by Crippen LogP contribution is 2.45. The first-order valence-electron chi connectivity index (χ1n) is 36.6. The molecule has 5 atom stereocenters. The van der Waals surface area contributed by atoms with Crippen LogP contribution in [0, 0.1) is 5.92 Å². The minimum Gasteiger partial charge on any atom is -0.462 e. The largest absolute Gasteiger partial charge is 0.472 e. The molecular weight excluding hydrogens is 1170 g/mol. The Kier molecular flexibility index (Phi) is 62.1. The van der Waals surface area contributed by atoms with E-state index in [4.69, 9.17) is 37.0 Å². The second kappa shape index (κ2) is 63.5. The van der Waals surface area contributed by atoms with Gasteiger partial charge >= 0.3 is 39.5 Å². The highest BCUT2D eigenvalue weighted by atomic mass is 31.2. The average Bonchev–Trinajstić information content (AvgIpc) is 3.71. The molecule has 0 spiro atoms. The molecule has 0 aromatic carbocycles. The van der Waals surface area contributed by atoms with Gasteiger partial charge in [0.1, 0.15) is 19.3 Å². The molecule has 0 saturated heterocycles. The van der Waals surface area contributed by atoms with E-state index in [9.17, 15) is 43.2 Å². The summed E-state index contributed by atoms with van der Waals surface area (Å²) < 4.78 is 68.3. The Balaban J connectivity index is 5.25. The van der Waals surface area contributed by atoms with Crippen molar-refractivity contribution in [1.29, 1.82) is 0 Å². The minimum absolute atomic E-state index is 0.107. The van der Waals surface area contributed by atoms with E-state index >= 15 is 0 Å². The SMILES string of the molecule is CCCCCCCCCCCCCCCC(=O)OC[C@H](COP(=O)(O)OC[C@@H](O)COP(=O)(O)OC[C@@H](COC(=O)CCCCCCCCCCCCC)OC(=O)CCCCCCCCCCCCCC)OC(=O)CCCCCCCCCCCCC(C)C. The molecular formula is C70H136O17P2. The van der Waals surface area contributed by atoms with Crippen LogP contribution in [0.2, 0.25) is 0 Å². The number of phosphoric acid groups is 2. The molecule has 89 heavy (non-hydrogen) atoms. The molecule has 0 bridgehead atoms. The molecule has 0 radical (unpaired) electrons. The Hall–Kier alpha value is -1.94. The van der Waals surface area contributed by atoms with Crippen molar-refractivity contribution in [2.24, 2.45) is 5.92 Å². The van der Waals surface area contributed by atoms with E-state index < -0.39 is 97.5 Å². The van der Waals surface area contributed by atoms with Crippen molar-refractivity contribution >= 4 is 39.5 Å². The van der Waals surface area contributed by atoms with Gasteiger partial charge in [0.05, 0.1) is 26.4 Å². The molecule has 0 rings (SSSR count). The number of phosphoric ester groups is 2. The van der Waals surface area contributed by atoms with Crippen molar-refractivity contribution in [2.45, 2.75) is 380 Å². The summed E-state index contributed by atoms with van der Waals surface area (Å²) in [6.07, 6.45) is 49.7. The summed E-state index contributed by atoms with van der Waals surface area (Å²) >= 11 is 0. The monoisotopic (exact) mass is 1310 g/mol. The van der Waals surface area contributed by atoms with Gasteiger partial charge in [0.2, 0.25) is 0 Å². The molecule has 17 nitrogen and oxygen atoms in total. The van der Waals surface area contributed by atoms with Crippen molar-refractivity contribution in [1.82, 2.24) is 0 Å². The number of aliphatic hydroxyl groups excluding tert-OH is 1. The fourth-order valence-electron chi connectivity index (χ4n) is 10.6. The molecule has 19 heteroatoms. The lowest BCUT2D eigenvalue weighted by molar-refractivity contribution is -0.161. The minimum atomic E-state index is -4.95. The molecule has 0 fully saturated rings. The van der Waals surface area contributed by atoms with E-state index in [2.05, 4.69) is 34.6 Å². The van der Waals surface area contributed by atoms with Gasteiger partial charge in [-0.2, -0.15) is 0 Å². The summed E-state index contributed by atoms with van der Waals surface area (Å²) in [7, 11) is -9.90. The smallest absolute Gasteiger partial charge is 0.462 e. The molecule has 0 aliphatic rings. The van der Waals surface area contributed by atoms with Crippen molar-refractivity contribution in [3.8, 4) is 0 Å². The van der Waals surface area contributed by atoms with Crippen molar-refractivity contribution in [3.63, 3.8) is 0 Å². The number of unbranched alkanes of at least 4 members (excludes halogenated alkanes) is 42. The van der Waals surface area contributed by atoms with Crippen LogP contribution in [0.15, 0.2) is 0 Å². The van der Waals surface area contributed by atoms with Crippen LogP contribution in [0.4, 0.5) is 0 Å². The normalized spacial score (nSPS) is 14.1. The van der Waals surface area contributed by atoms with E-state index in [0.717, 1.165) is 95.8 Å². The fourth-order valence-corrected chi connectivity index (χ4v) is 12.2. The fraction of sp³-hybridized carbons (Fsp3) is 0.943. The van der Waals surface area contributed by atoms with Gasteiger partial charge < -0.3 is 33.8 Å². The summed E-state index contributed by atoms with van der Waals surface area (Å²) in [4.78, 5) is 72.5. The third-order valence-corrected chi connectivity index (χ3v) is 18.2. The Morgan fingerprint density at radius 2 is 0.517 bits per heavy atom. The summed E-state index contributed by atoms with van der Waals surface area (Å²) in [5.74, 6) is -1.37. The number of carbonyl (C=O) groups is 4. The Morgan fingerprint density at radius 1 is 0.303 bits per heavy atom. The molecule has 2 unspecified atom stereocenters. The second-order valence-electron chi connectivity index (χ2n) is 25.7. The van der Waals surface area contributed by atoms with Crippen LogP contribution in [-0.2, 0) is 65.4 Å². The van der Waals surface area contributed by atoms with Gasteiger partial charge in [-0.15, -0.1) is 0 Å². The lowest BCUT2D eigenvalue weighted by Gasteiger charge is -2.21. The predicted octanol–water partition coefficient (Wildman–Crippen LogP) is 20.1. The summed E-state index contributed by atoms with van der Waals surface area (Å²) in [5.41, 5.74) is 0. The highest BCUT2D eigenvalue weighted by molar-refractivity contribution is 7.47. The van der Waals surface area contributed by atoms with Crippen molar-refractivity contribution in [3.05, 3.63) is 0 Å². The summed E-state index contributed by atoms with van der Waals surface area (Å²) in [6, 6.07) is 0. The topological polar surface area (TPSA) is 237 Å². The van der Waals surface area contributed by atoms with E-state index in [1.165, 1.54) is 186 Å². The van der Waals surface area contributed by atoms with Crippen LogP contribution < -0.4 is 0 Å². The third kappa shape index (κ3) is 64.6. The maximum absolute atomic E-state index is 13.0. The van der Waals surface area contributed by atoms with Gasteiger partial charge in [-0.05, 0) is 31.6 Å². The molecule has 528 valence electrons. The van der Waals surface area contributed by atoms with Gasteiger partial charge in [0, 0.05) is 25.7 Å². The molecule has 0 saturated carbocycles. The number of hydrogen-bond acceptors (Lipinski definition) is 15. The van der Waals surface area contributed by atoms with E-state index in [-0.39, 0.29) is 25.7 Å². The molecule has 3 N–H and O–H groups in total. The van der Waals surface area contributed by atoms with Crippen molar-refractivity contribution < 1.29 is 80.2 Å². The van der Waals surface area contributed by atoms with Gasteiger partial charge in [0.15, 0.2) is 12.2 Å². The quantitative estimate of drug-likeness (QED) is 0.0222. The zero-order valence-corrected chi connectivity index (χ0v) is 59.4. The number of aliphatic hydroxyl groups is 1. The van der Waals surface area contributed by atoms with Gasteiger partial charge in [-0.25, -0.2) is 9.13 Å². The van der Waals surface area contributed by atoms with Crippen LogP contribution in [0.1, 0.15) is 362 Å². The standard InChI is InChI=1S/C70H136O17P2/c1-6-9-12-15-18-21-24-26-29-34-39-44-49-54-68(73)81-60-66(87-70(75)56-51-46-41-36-31-30-32-37-42-47-52-63(4)5)62-85-89(78,79)83-58-64(71)57-82-88(76,77)84-61-65(59-80-67(72)53-48-43-38-33-27-23-20-17-14-11-8-3)86-69(74)55-50-45-40-35-28-25-22-19-16-13-10-7-2/h63-66,71H,6-62H2,1-5H3,(H,76,77)(H,78,79)/t64-,65+,66+/m0/s1. The average molecular weight is 1310 g/mol. The number of esters is 4. The number of ether oxygens (including phenoxy) is 4. The highest BCUT2D eigenvalue weighted by Gasteiger charge is 2.30. The van der Waals surface area contributed by atoms with Crippen molar-refractivity contribution in [2.75, 3.05) is 39.6 Å².